The van der Waals surface area contributed by atoms with E-state index in [0.717, 1.165) is 43.4 Å². The number of rotatable bonds is 3. The van der Waals surface area contributed by atoms with E-state index in [-0.39, 0.29) is 5.54 Å². The maximum absolute atomic E-state index is 5.45. The third kappa shape index (κ3) is 3.33. The van der Waals surface area contributed by atoms with Gasteiger partial charge in [0.05, 0.1) is 11.6 Å². The molecule has 2 fully saturated rings. The van der Waals surface area contributed by atoms with Crippen molar-refractivity contribution in [3.8, 4) is 0 Å². The summed E-state index contributed by atoms with van der Waals surface area (Å²) < 4.78 is 5.45. The largest absolute Gasteiger partial charge is 0.381 e. The zero-order valence-corrected chi connectivity index (χ0v) is 12.9. The summed E-state index contributed by atoms with van der Waals surface area (Å²) >= 11 is 3.69. The number of aliphatic imine (C=N–C) groups is 1. The molecule has 2 saturated heterocycles. The molecule has 5 heteroatoms. The molecule has 3 heterocycles. The van der Waals surface area contributed by atoms with Crippen LogP contribution in [0.5, 0.6) is 0 Å². The van der Waals surface area contributed by atoms with Crippen molar-refractivity contribution < 1.29 is 4.74 Å². The minimum Gasteiger partial charge on any atom is -0.381 e. The van der Waals surface area contributed by atoms with Crippen molar-refractivity contribution in [3.05, 3.63) is 22.4 Å². The van der Waals surface area contributed by atoms with Crippen LogP contribution in [0.25, 0.3) is 0 Å². The van der Waals surface area contributed by atoms with E-state index in [4.69, 9.17) is 9.73 Å². The molecule has 2 aliphatic heterocycles. The highest BCUT2D eigenvalue weighted by molar-refractivity contribution is 8.14. The van der Waals surface area contributed by atoms with Gasteiger partial charge in [-0.05, 0) is 31.2 Å². The SMILES string of the molecule is CC(Cc1cccs1)N=C1NC2(CCOCC2)CS1. The summed E-state index contributed by atoms with van der Waals surface area (Å²) in [4.78, 5) is 6.25. The van der Waals surface area contributed by atoms with Crippen LogP contribution < -0.4 is 5.32 Å². The van der Waals surface area contributed by atoms with Gasteiger partial charge in [0.2, 0.25) is 0 Å². The molecule has 1 unspecified atom stereocenters. The van der Waals surface area contributed by atoms with Crippen molar-refractivity contribution in [2.75, 3.05) is 19.0 Å². The highest BCUT2D eigenvalue weighted by atomic mass is 32.2. The third-order valence-electron chi connectivity index (χ3n) is 3.72. The molecule has 0 aliphatic carbocycles. The van der Waals surface area contributed by atoms with Crippen molar-refractivity contribution in [2.45, 2.75) is 37.8 Å². The number of ether oxygens (including phenoxy) is 1. The fraction of sp³-hybridized carbons (Fsp3) is 0.643. The maximum Gasteiger partial charge on any atom is 0.157 e. The highest BCUT2D eigenvalue weighted by Gasteiger charge is 2.38. The van der Waals surface area contributed by atoms with E-state index in [1.807, 2.05) is 23.1 Å². The van der Waals surface area contributed by atoms with Crippen molar-refractivity contribution in [1.82, 2.24) is 5.32 Å². The van der Waals surface area contributed by atoms with Crippen LogP contribution in [0.4, 0.5) is 0 Å². The molecule has 19 heavy (non-hydrogen) atoms. The molecule has 0 aromatic carbocycles. The Hall–Kier alpha value is -0.520. The number of thiophene rings is 1. The normalized spacial score (nSPS) is 25.6. The lowest BCUT2D eigenvalue weighted by atomic mass is 9.93. The molecule has 2 aliphatic rings. The Bertz CT molecular complexity index is 438. The molecule has 0 saturated carbocycles. The van der Waals surface area contributed by atoms with Gasteiger partial charge in [0, 0.05) is 30.3 Å². The van der Waals surface area contributed by atoms with Gasteiger partial charge in [0.15, 0.2) is 5.17 Å². The van der Waals surface area contributed by atoms with Crippen molar-refractivity contribution >= 4 is 28.3 Å². The molecular weight excluding hydrogens is 276 g/mol. The molecule has 3 nitrogen and oxygen atoms in total. The predicted molar refractivity (Wildman–Crippen MR) is 83.3 cm³/mol. The first-order valence-electron chi connectivity index (χ1n) is 6.85. The Balaban J connectivity index is 1.58. The molecule has 1 spiro atoms. The van der Waals surface area contributed by atoms with Gasteiger partial charge in [-0.2, -0.15) is 0 Å². The first-order chi connectivity index (χ1) is 9.26. The molecule has 0 radical (unpaired) electrons. The summed E-state index contributed by atoms with van der Waals surface area (Å²) in [5.74, 6) is 1.14. The topological polar surface area (TPSA) is 33.6 Å². The monoisotopic (exact) mass is 296 g/mol. The van der Waals surface area contributed by atoms with E-state index in [2.05, 4.69) is 29.8 Å². The summed E-state index contributed by atoms with van der Waals surface area (Å²) in [6.07, 6.45) is 3.26. The van der Waals surface area contributed by atoms with Gasteiger partial charge in [-0.25, -0.2) is 0 Å². The first kappa shape index (κ1) is 13.5. The number of nitrogens with zero attached hydrogens (tertiary/aromatic N) is 1. The molecular formula is C14H20N2OS2. The molecule has 1 aromatic heterocycles. The zero-order chi connectivity index (χ0) is 13.1. The quantitative estimate of drug-likeness (QED) is 0.931. The van der Waals surface area contributed by atoms with Gasteiger partial charge in [-0.15, -0.1) is 11.3 Å². The first-order valence-corrected chi connectivity index (χ1v) is 8.71. The molecule has 1 N–H and O–H groups in total. The Morgan fingerprint density at radius 2 is 2.32 bits per heavy atom. The Morgan fingerprint density at radius 3 is 3.05 bits per heavy atom. The second-order valence-corrected chi connectivity index (χ2v) is 7.37. The molecule has 3 rings (SSSR count). The lowest BCUT2D eigenvalue weighted by molar-refractivity contribution is 0.0555. The molecule has 0 amide bonds. The molecule has 1 atom stereocenters. The van der Waals surface area contributed by atoms with Gasteiger partial charge < -0.3 is 10.1 Å². The smallest absolute Gasteiger partial charge is 0.157 e. The third-order valence-corrected chi connectivity index (χ3v) is 5.80. The Morgan fingerprint density at radius 1 is 1.47 bits per heavy atom. The second kappa shape index (κ2) is 5.85. The van der Waals surface area contributed by atoms with Crippen molar-refractivity contribution in [3.63, 3.8) is 0 Å². The summed E-state index contributed by atoms with van der Waals surface area (Å²) in [5.41, 5.74) is 0.254. The van der Waals surface area contributed by atoms with Gasteiger partial charge in [0.1, 0.15) is 0 Å². The van der Waals surface area contributed by atoms with Crippen LogP contribution in [-0.4, -0.2) is 35.7 Å². The van der Waals surface area contributed by atoms with Crippen LogP contribution in [0.3, 0.4) is 0 Å². The van der Waals surface area contributed by atoms with E-state index in [9.17, 15) is 0 Å². The standard InChI is InChI=1S/C14H20N2OS2/c1-11(9-12-3-2-8-18-12)15-13-16-14(10-19-13)4-6-17-7-5-14/h2-3,8,11H,4-7,9-10H2,1H3,(H,15,16). The molecule has 0 bridgehead atoms. The van der Waals surface area contributed by atoms with Gasteiger partial charge in [0.25, 0.3) is 0 Å². The summed E-state index contributed by atoms with van der Waals surface area (Å²) in [6.45, 7) is 3.96. The van der Waals surface area contributed by atoms with Crippen LogP contribution in [0.1, 0.15) is 24.6 Å². The van der Waals surface area contributed by atoms with Crippen molar-refractivity contribution in [1.29, 1.82) is 0 Å². The van der Waals surface area contributed by atoms with Gasteiger partial charge in [-0.3, -0.25) is 4.99 Å². The number of hydrogen-bond donors (Lipinski definition) is 1. The minimum absolute atomic E-state index is 0.254. The number of thioether (sulfide) groups is 1. The number of hydrogen-bond acceptors (Lipinski definition) is 4. The van der Waals surface area contributed by atoms with Crippen LogP contribution in [0.15, 0.2) is 22.5 Å². The molecule has 1 aromatic rings. The number of nitrogens with one attached hydrogen (secondary N) is 1. The summed E-state index contributed by atoms with van der Waals surface area (Å²) in [5, 5.41) is 6.92. The summed E-state index contributed by atoms with van der Waals surface area (Å²) in [7, 11) is 0. The second-order valence-electron chi connectivity index (χ2n) is 5.37. The number of amidine groups is 1. The minimum atomic E-state index is 0.254. The van der Waals surface area contributed by atoms with Crippen LogP contribution in [0, 0.1) is 0 Å². The average molecular weight is 296 g/mol. The fourth-order valence-corrected chi connectivity index (χ4v) is 4.72. The van der Waals surface area contributed by atoms with Crippen LogP contribution in [0.2, 0.25) is 0 Å². The van der Waals surface area contributed by atoms with Crippen LogP contribution in [-0.2, 0) is 11.2 Å². The van der Waals surface area contributed by atoms with E-state index in [1.165, 1.54) is 4.88 Å². The lowest BCUT2D eigenvalue weighted by Gasteiger charge is -2.32. The van der Waals surface area contributed by atoms with Crippen LogP contribution >= 0.6 is 23.1 Å². The zero-order valence-electron chi connectivity index (χ0n) is 11.2. The van der Waals surface area contributed by atoms with E-state index < -0.39 is 0 Å². The van der Waals surface area contributed by atoms with Gasteiger partial charge >= 0.3 is 0 Å². The van der Waals surface area contributed by atoms with E-state index in [1.54, 1.807) is 0 Å². The summed E-state index contributed by atoms with van der Waals surface area (Å²) in [6, 6.07) is 4.65. The lowest BCUT2D eigenvalue weighted by Crippen LogP contribution is -2.48. The fourth-order valence-electron chi connectivity index (χ4n) is 2.57. The van der Waals surface area contributed by atoms with Crippen molar-refractivity contribution in [2.24, 2.45) is 4.99 Å². The maximum atomic E-state index is 5.45. The van der Waals surface area contributed by atoms with E-state index in [0.29, 0.717) is 6.04 Å². The predicted octanol–water partition coefficient (Wildman–Crippen LogP) is 2.92. The average Bonchev–Trinajstić information content (AvgIpc) is 3.02. The molecule has 104 valence electrons. The Kier molecular flexibility index (Phi) is 4.15. The van der Waals surface area contributed by atoms with Gasteiger partial charge in [-0.1, -0.05) is 17.8 Å². The Labute approximate surface area is 122 Å². The van der Waals surface area contributed by atoms with E-state index >= 15 is 0 Å². The highest BCUT2D eigenvalue weighted by Crippen LogP contribution is 2.32.